The Bertz CT molecular complexity index is 648. The molecule has 0 saturated carbocycles. The smallest absolute Gasteiger partial charge is 0.277 e. The van der Waals surface area contributed by atoms with Crippen LogP contribution in [0.3, 0.4) is 0 Å². The molecular formula is C12H11N3O4. The largest absolute Gasteiger partial charge is 0.361 e. The summed E-state index contributed by atoms with van der Waals surface area (Å²) in [4.78, 5) is 22.2. The lowest BCUT2D eigenvalue weighted by atomic mass is 10.1. The fourth-order valence-electron chi connectivity index (χ4n) is 1.62. The Morgan fingerprint density at radius 2 is 2.16 bits per heavy atom. The zero-order chi connectivity index (χ0) is 14.0. The van der Waals surface area contributed by atoms with Gasteiger partial charge in [0.15, 0.2) is 5.69 Å². The van der Waals surface area contributed by atoms with Crippen LogP contribution in [0.25, 0.3) is 0 Å². The number of anilines is 1. The van der Waals surface area contributed by atoms with E-state index < -0.39 is 10.8 Å². The Hall–Kier alpha value is -2.70. The molecule has 0 fully saturated rings. The molecule has 1 heterocycles. The summed E-state index contributed by atoms with van der Waals surface area (Å²) in [5.41, 5.74) is 0.846. The van der Waals surface area contributed by atoms with E-state index in [1.807, 2.05) is 0 Å². The SMILES string of the molecule is Cc1cc(C(=O)Nc2cccc([N+](=O)[O-])c2C)no1. The van der Waals surface area contributed by atoms with Crippen molar-refractivity contribution in [2.75, 3.05) is 5.32 Å². The number of benzene rings is 1. The van der Waals surface area contributed by atoms with Gasteiger partial charge in [0.2, 0.25) is 0 Å². The zero-order valence-corrected chi connectivity index (χ0v) is 10.3. The number of nitrogens with one attached hydrogen (secondary N) is 1. The molecule has 1 amide bonds. The van der Waals surface area contributed by atoms with Crippen LogP contribution in [0.5, 0.6) is 0 Å². The molecule has 19 heavy (non-hydrogen) atoms. The van der Waals surface area contributed by atoms with Crippen LogP contribution < -0.4 is 5.32 Å². The second-order valence-corrected chi connectivity index (χ2v) is 3.98. The first kappa shape index (κ1) is 12.7. The first-order valence-corrected chi connectivity index (χ1v) is 5.47. The number of rotatable bonds is 3. The number of carbonyl (C=O) groups excluding carboxylic acids is 1. The lowest BCUT2D eigenvalue weighted by Gasteiger charge is -2.06. The summed E-state index contributed by atoms with van der Waals surface area (Å²) < 4.78 is 4.80. The van der Waals surface area contributed by atoms with Crippen LogP contribution in [0, 0.1) is 24.0 Å². The standard InChI is InChI=1S/C12H11N3O4/c1-7-6-10(14-19-7)12(16)13-9-4-3-5-11(8(9)2)15(17)18/h3-6H,1-2H3,(H,13,16). The summed E-state index contributed by atoms with van der Waals surface area (Å²) in [5, 5.41) is 16.9. The Labute approximate surface area is 108 Å². The third-order valence-electron chi connectivity index (χ3n) is 2.61. The second-order valence-electron chi connectivity index (χ2n) is 3.98. The van der Waals surface area contributed by atoms with Crippen LogP contribution >= 0.6 is 0 Å². The summed E-state index contributed by atoms with van der Waals surface area (Å²) in [5.74, 6) is 0.0429. The van der Waals surface area contributed by atoms with E-state index in [1.54, 1.807) is 19.9 Å². The van der Waals surface area contributed by atoms with Gasteiger partial charge in [-0.2, -0.15) is 0 Å². The molecule has 1 aromatic heterocycles. The van der Waals surface area contributed by atoms with E-state index >= 15 is 0 Å². The van der Waals surface area contributed by atoms with Gasteiger partial charge in [-0.25, -0.2) is 0 Å². The van der Waals surface area contributed by atoms with Crippen molar-refractivity contribution in [1.82, 2.24) is 5.16 Å². The van der Waals surface area contributed by atoms with Gasteiger partial charge in [0.25, 0.3) is 11.6 Å². The van der Waals surface area contributed by atoms with Crippen molar-refractivity contribution in [1.29, 1.82) is 0 Å². The fraction of sp³-hybridized carbons (Fsp3) is 0.167. The number of amides is 1. The number of nitro groups is 1. The lowest BCUT2D eigenvalue weighted by molar-refractivity contribution is -0.385. The normalized spacial score (nSPS) is 10.2. The average Bonchev–Trinajstić information content (AvgIpc) is 2.78. The summed E-state index contributed by atoms with van der Waals surface area (Å²) in [6.07, 6.45) is 0. The molecule has 98 valence electrons. The van der Waals surface area contributed by atoms with Crippen molar-refractivity contribution in [3.8, 4) is 0 Å². The van der Waals surface area contributed by atoms with Gasteiger partial charge in [0.05, 0.1) is 16.2 Å². The van der Waals surface area contributed by atoms with E-state index in [4.69, 9.17) is 4.52 Å². The molecule has 0 saturated heterocycles. The molecule has 1 aromatic carbocycles. The van der Waals surface area contributed by atoms with Gasteiger partial charge in [0, 0.05) is 12.1 Å². The maximum Gasteiger partial charge on any atom is 0.277 e. The third kappa shape index (κ3) is 2.59. The van der Waals surface area contributed by atoms with Crippen LogP contribution in [0.15, 0.2) is 28.8 Å². The molecule has 0 atom stereocenters. The van der Waals surface area contributed by atoms with E-state index in [9.17, 15) is 14.9 Å². The maximum atomic E-state index is 11.9. The molecule has 0 radical (unpaired) electrons. The Balaban J connectivity index is 2.27. The van der Waals surface area contributed by atoms with Gasteiger partial charge in [-0.15, -0.1) is 0 Å². The number of nitro benzene ring substituents is 1. The molecule has 0 bridgehead atoms. The monoisotopic (exact) mass is 261 g/mol. The molecule has 0 aliphatic carbocycles. The highest BCUT2D eigenvalue weighted by Crippen LogP contribution is 2.25. The number of aromatic nitrogens is 1. The molecule has 0 spiro atoms. The summed E-state index contributed by atoms with van der Waals surface area (Å²) >= 11 is 0. The first-order valence-electron chi connectivity index (χ1n) is 5.47. The third-order valence-corrected chi connectivity index (χ3v) is 2.61. The van der Waals surface area contributed by atoms with Gasteiger partial charge < -0.3 is 9.84 Å². The number of carbonyl (C=O) groups is 1. The van der Waals surface area contributed by atoms with Gasteiger partial charge in [-0.05, 0) is 19.9 Å². The van der Waals surface area contributed by atoms with Crippen LogP contribution in [0.1, 0.15) is 21.8 Å². The number of hydrogen-bond acceptors (Lipinski definition) is 5. The first-order chi connectivity index (χ1) is 8.99. The highest BCUT2D eigenvalue weighted by molar-refractivity contribution is 6.03. The molecule has 7 nitrogen and oxygen atoms in total. The minimum atomic E-state index is -0.495. The van der Waals surface area contributed by atoms with Crippen LogP contribution in [0.4, 0.5) is 11.4 Å². The molecule has 2 aromatic rings. The van der Waals surface area contributed by atoms with Gasteiger partial charge in [-0.1, -0.05) is 11.2 Å². The summed E-state index contributed by atoms with van der Waals surface area (Å²) in [7, 11) is 0. The summed E-state index contributed by atoms with van der Waals surface area (Å²) in [6, 6.07) is 5.97. The molecule has 0 aliphatic rings. The Morgan fingerprint density at radius 1 is 1.42 bits per heavy atom. The van der Waals surface area contributed by atoms with Gasteiger partial charge in [0.1, 0.15) is 5.76 Å². The minimum absolute atomic E-state index is 0.0471. The fourth-order valence-corrected chi connectivity index (χ4v) is 1.62. The van der Waals surface area contributed by atoms with Crippen LogP contribution in [-0.4, -0.2) is 16.0 Å². The molecule has 0 unspecified atom stereocenters. The van der Waals surface area contributed by atoms with Crippen molar-refractivity contribution in [2.45, 2.75) is 13.8 Å². The van der Waals surface area contributed by atoms with Crippen molar-refractivity contribution < 1.29 is 14.2 Å². The topological polar surface area (TPSA) is 98.3 Å². The van der Waals surface area contributed by atoms with E-state index in [0.29, 0.717) is 17.0 Å². The Kier molecular flexibility index (Phi) is 3.28. The Morgan fingerprint density at radius 3 is 2.74 bits per heavy atom. The van der Waals surface area contributed by atoms with Crippen molar-refractivity contribution in [3.63, 3.8) is 0 Å². The average molecular weight is 261 g/mol. The van der Waals surface area contributed by atoms with Gasteiger partial charge in [-0.3, -0.25) is 14.9 Å². The zero-order valence-electron chi connectivity index (χ0n) is 10.3. The maximum absolute atomic E-state index is 11.9. The number of hydrogen-bond donors (Lipinski definition) is 1. The molecule has 1 N–H and O–H groups in total. The van der Waals surface area contributed by atoms with Crippen molar-refractivity contribution in [3.05, 3.63) is 51.4 Å². The predicted molar refractivity (Wildman–Crippen MR) is 67.0 cm³/mol. The van der Waals surface area contributed by atoms with E-state index in [0.717, 1.165) is 0 Å². The lowest BCUT2D eigenvalue weighted by Crippen LogP contribution is -2.13. The highest BCUT2D eigenvalue weighted by atomic mass is 16.6. The van der Waals surface area contributed by atoms with Crippen molar-refractivity contribution >= 4 is 17.3 Å². The van der Waals surface area contributed by atoms with Crippen molar-refractivity contribution in [2.24, 2.45) is 0 Å². The summed E-state index contributed by atoms with van der Waals surface area (Å²) in [6.45, 7) is 3.24. The minimum Gasteiger partial charge on any atom is -0.361 e. The molecule has 7 heteroatoms. The van der Waals surface area contributed by atoms with E-state index in [-0.39, 0.29) is 11.4 Å². The van der Waals surface area contributed by atoms with E-state index in [2.05, 4.69) is 10.5 Å². The number of aryl methyl sites for hydroxylation is 1. The quantitative estimate of drug-likeness (QED) is 0.675. The second kappa shape index (κ2) is 4.89. The number of nitrogens with zero attached hydrogens (tertiary/aromatic N) is 2. The van der Waals surface area contributed by atoms with Crippen LogP contribution in [-0.2, 0) is 0 Å². The highest BCUT2D eigenvalue weighted by Gasteiger charge is 2.17. The van der Waals surface area contributed by atoms with Gasteiger partial charge >= 0.3 is 0 Å². The van der Waals surface area contributed by atoms with E-state index in [1.165, 1.54) is 18.2 Å². The van der Waals surface area contributed by atoms with Crippen LogP contribution in [0.2, 0.25) is 0 Å². The predicted octanol–water partition coefficient (Wildman–Crippen LogP) is 2.45. The molecule has 2 rings (SSSR count). The molecular weight excluding hydrogens is 250 g/mol. The molecule has 0 aliphatic heterocycles.